The zero-order valence-electron chi connectivity index (χ0n) is 16.8. The average Bonchev–Trinajstić information content (AvgIpc) is 3.22. The van der Waals surface area contributed by atoms with Gasteiger partial charge in [-0.25, -0.2) is 0 Å². The number of carbonyl (C=O) groups is 1. The smallest absolute Gasteiger partial charge is 0.263 e. The maximum absolute atomic E-state index is 12.7. The Labute approximate surface area is 169 Å². The van der Waals surface area contributed by atoms with Gasteiger partial charge in [0.05, 0.1) is 20.8 Å². The van der Waals surface area contributed by atoms with Gasteiger partial charge in [-0.15, -0.1) is 0 Å². The standard InChI is InChI=1S/C21H23N3O5/c1-14(28-18-11-6-5-10-17(18)27-4)21(25)24(2)13-19-22-20(23-29-19)15-8-7-9-16(12-15)26-3/h5-12,14H,13H2,1-4H3. The molecule has 3 rings (SSSR count). The lowest BCUT2D eigenvalue weighted by molar-refractivity contribution is -0.137. The first-order valence-electron chi connectivity index (χ1n) is 9.03. The van der Waals surface area contributed by atoms with Crippen molar-refractivity contribution in [3.05, 3.63) is 54.4 Å². The summed E-state index contributed by atoms with van der Waals surface area (Å²) >= 11 is 0. The van der Waals surface area contributed by atoms with Crippen LogP contribution >= 0.6 is 0 Å². The highest BCUT2D eigenvalue weighted by atomic mass is 16.5. The van der Waals surface area contributed by atoms with Crippen LogP contribution in [0.25, 0.3) is 11.4 Å². The van der Waals surface area contributed by atoms with E-state index in [9.17, 15) is 4.79 Å². The van der Waals surface area contributed by atoms with Gasteiger partial charge < -0.3 is 23.6 Å². The molecule has 2 aromatic carbocycles. The van der Waals surface area contributed by atoms with Crippen molar-refractivity contribution < 1.29 is 23.5 Å². The Balaban J connectivity index is 1.64. The third-order valence-electron chi connectivity index (χ3n) is 4.27. The van der Waals surface area contributed by atoms with Crippen molar-refractivity contribution in [1.82, 2.24) is 15.0 Å². The van der Waals surface area contributed by atoms with Gasteiger partial charge in [-0.05, 0) is 31.2 Å². The van der Waals surface area contributed by atoms with Crippen LogP contribution in [0.2, 0.25) is 0 Å². The Hall–Kier alpha value is -3.55. The highest BCUT2D eigenvalue weighted by Crippen LogP contribution is 2.27. The largest absolute Gasteiger partial charge is 0.497 e. The van der Waals surface area contributed by atoms with Gasteiger partial charge in [0, 0.05) is 12.6 Å². The monoisotopic (exact) mass is 397 g/mol. The number of para-hydroxylation sites is 2. The van der Waals surface area contributed by atoms with Crippen molar-refractivity contribution in [1.29, 1.82) is 0 Å². The molecule has 1 atom stereocenters. The van der Waals surface area contributed by atoms with Gasteiger partial charge in [-0.1, -0.05) is 29.4 Å². The van der Waals surface area contributed by atoms with Crippen LogP contribution in [0.3, 0.4) is 0 Å². The number of carbonyl (C=O) groups excluding carboxylic acids is 1. The molecule has 0 bridgehead atoms. The molecule has 0 aliphatic rings. The molecule has 29 heavy (non-hydrogen) atoms. The number of nitrogens with zero attached hydrogens (tertiary/aromatic N) is 3. The minimum Gasteiger partial charge on any atom is -0.497 e. The summed E-state index contributed by atoms with van der Waals surface area (Å²) in [5, 5.41) is 3.98. The molecule has 8 nitrogen and oxygen atoms in total. The molecule has 1 amide bonds. The third kappa shape index (κ3) is 4.84. The zero-order valence-corrected chi connectivity index (χ0v) is 16.8. The van der Waals surface area contributed by atoms with Gasteiger partial charge in [-0.3, -0.25) is 4.79 Å². The van der Waals surface area contributed by atoms with Gasteiger partial charge >= 0.3 is 0 Å². The normalized spacial score (nSPS) is 11.6. The van der Waals surface area contributed by atoms with Crippen molar-refractivity contribution in [2.75, 3.05) is 21.3 Å². The second-order valence-electron chi connectivity index (χ2n) is 6.35. The van der Waals surface area contributed by atoms with E-state index in [4.69, 9.17) is 18.7 Å². The molecular formula is C21H23N3O5. The van der Waals surface area contributed by atoms with Crippen LogP contribution in [0.15, 0.2) is 53.1 Å². The van der Waals surface area contributed by atoms with E-state index in [1.807, 2.05) is 36.4 Å². The predicted molar refractivity (Wildman–Crippen MR) is 106 cm³/mol. The quantitative estimate of drug-likeness (QED) is 0.577. The second-order valence-corrected chi connectivity index (χ2v) is 6.35. The number of amides is 1. The van der Waals surface area contributed by atoms with E-state index in [1.54, 1.807) is 40.3 Å². The van der Waals surface area contributed by atoms with Gasteiger partial charge in [0.1, 0.15) is 5.75 Å². The summed E-state index contributed by atoms with van der Waals surface area (Å²) in [4.78, 5) is 18.5. The van der Waals surface area contributed by atoms with Crippen LogP contribution in [-0.2, 0) is 11.3 Å². The first-order valence-corrected chi connectivity index (χ1v) is 9.03. The van der Waals surface area contributed by atoms with Gasteiger partial charge in [0.25, 0.3) is 5.91 Å². The molecule has 1 aromatic heterocycles. The van der Waals surface area contributed by atoms with Crippen molar-refractivity contribution >= 4 is 5.91 Å². The molecule has 0 aliphatic heterocycles. The fourth-order valence-electron chi connectivity index (χ4n) is 2.75. The molecule has 8 heteroatoms. The first-order chi connectivity index (χ1) is 14.0. The van der Waals surface area contributed by atoms with Crippen LogP contribution in [0.1, 0.15) is 12.8 Å². The first kappa shape index (κ1) is 20.2. The molecule has 3 aromatic rings. The molecule has 0 saturated carbocycles. The summed E-state index contributed by atoms with van der Waals surface area (Å²) in [6.45, 7) is 1.84. The highest BCUT2D eigenvalue weighted by molar-refractivity contribution is 5.80. The molecule has 0 saturated heterocycles. The van der Waals surface area contributed by atoms with E-state index in [2.05, 4.69) is 10.1 Å². The van der Waals surface area contributed by atoms with Crippen LogP contribution in [0, 0.1) is 0 Å². The Bertz CT molecular complexity index is 972. The number of hydrogen-bond donors (Lipinski definition) is 0. The summed E-state index contributed by atoms with van der Waals surface area (Å²) < 4.78 is 21.5. The van der Waals surface area contributed by atoms with Crippen molar-refractivity contribution in [3.63, 3.8) is 0 Å². The van der Waals surface area contributed by atoms with Crippen molar-refractivity contribution in [3.8, 4) is 28.6 Å². The molecular weight excluding hydrogens is 374 g/mol. The zero-order chi connectivity index (χ0) is 20.8. The summed E-state index contributed by atoms with van der Waals surface area (Å²) in [5.41, 5.74) is 0.765. The van der Waals surface area contributed by atoms with Gasteiger partial charge in [-0.2, -0.15) is 4.98 Å². The maximum atomic E-state index is 12.7. The molecule has 1 heterocycles. The van der Waals surface area contributed by atoms with E-state index in [0.717, 1.165) is 5.56 Å². The number of benzene rings is 2. The number of aromatic nitrogens is 2. The molecule has 0 radical (unpaired) electrons. The lowest BCUT2D eigenvalue weighted by atomic mass is 10.2. The Morgan fingerprint density at radius 1 is 1.10 bits per heavy atom. The minimum absolute atomic E-state index is 0.162. The summed E-state index contributed by atoms with van der Waals surface area (Å²) in [5.74, 6) is 2.29. The summed E-state index contributed by atoms with van der Waals surface area (Å²) in [6.07, 6.45) is -0.711. The number of likely N-dealkylation sites (N-methyl/N-ethyl adjacent to an activating group) is 1. The summed E-state index contributed by atoms with van der Waals surface area (Å²) in [7, 11) is 4.80. The van der Waals surface area contributed by atoms with Crippen LogP contribution in [-0.4, -0.2) is 48.3 Å². The Morgan fingerprint density at radius 3 is 2.59 bits per heavy atom. The molecule has 1 unspecified atom stereocenters. The maximum Gasteiger partial charge on any atom is 0.263 e. The van der Waals surface area contributed by atoms with Crippen LogP contribution in [0.4, 0.5) is 0 Å². The van der Waals surface area contributed by atoms with Crippen molar-refractivity contribution in [2.45, 2.75) is 19.6 Å². The molecule has 152 valence electrons. The average molecular weight is 397 g/mol. The predicted octanol–water partition coefficient (Wildman–Crippen LogP) is 3.18. The minimum atomic E-state index is -0.711. The summed E-state index contributed by atoms with van der Waals surface area (Å²) in [6, 6.07) is 14.5. The molecule has 0 N–H and O–H groups in total. The SMILES string of the molecule is COc1cccc(-c2noc(CN(C)C(=O)C(C)Oc3ccccc3OC)n2)c1. The Kier molecular flexibility index (Phi) is 6.33. The number of hydrogen-bond acceptors (Lipinski definition) is 7. The third-order valence-corrected chi connectivity index (χ3v) is 4.27. The number of rotatable bonds is 8. The van der Waals surface area contributed by atoms with E-state index in [1.165, 1.54) is 4.90 Å². The van der Waals surface area contributed by atoms with E-state index in [-0.39, 0.29) is 12.5 Å². The van der Waals surface area contributed by atoms with E-state index in [0.29, 0.717) is 29.0 Å². The van der Waals surface area contributed by atoms with Gasteiger partial charge in [0.2, 0.25) is 11.7 Å². The fourth-order valence-corrected chi connectivity index (χ4v) is 2.75. The van der Waals surface area contributed by atoms with E-state index < -0.39 is 6.10 Å². The number of methoxy groups -OCH3 is 2. The highest BCUT2D eigenvalue weighted by Gasteiger charge is 2.22. The van der Waals surface area contributed by atoms with Crippen molar-refractivity contribution in [2.24, 2.45) is 0 Å². The lowest BCUT2D eigenvalue weighted by Gasteiger charge is -2.21. The Morgan fingerprint density at radius 2 is 1.86 bits per heavy atom. The second kappa shape index (κ2) is 9.09. The van der Waals surface area contributed by atoms with E-state index >= 15 is 0 Å². The fraction of sp³-hybridized carbons (Fsp3) is 0.286. The topological polar surface area (TPSA) is 86.9 Å². The van der Waals surface area contributed by atoms with Crippen LogP contribution in [0.5, 0.6) is 17.2 Å². The molecule has 0 spiro atoms. The van der Waals surface area contributed by atoms with Crippen LogP contribution < -0.4 is 14.2 Å². The molecule has 0 fully saturated rings. The number of ether oxygens (including phenoxy) is 3. The van der Waals surface area contributed by atoms with Gasteiger partial charge in [0.15, 0.2) is 17.6 Å². The lowest BCUT2D eigenvalue weighted by Crippen LogP contribution is -2.37. The molecule has 0 aliphatic carbocycles.